The highest BCUT2D eigenvalue weighted by Crippen LogP contribution is 2.16. The van der Waals surface area contributed by atoms with E-state index in [4.69, 9.17) is 9.47 Å². The number of carbonyl (C=O) groups excluding carboxylic acids is 1. The van der Waals surface area contributed by atoms with Crippen LogP contribution in [-0.4, -0.2) is 25.7 Å². The van der Waals surface area contributed by atoms with Gasteiger partial charge in [0.05, 0.1) is 7.11 Å². The fourth-order valence-electron chi connectivity index (χ4n) is 2.06. The maximum absolute atomic E-state index is 12.1. The first-order chi connectivity index (χ1) is 11.1. The summed E-state index contributed by atoms with van der Waals surface area (Å²) in [5.74, 6) is 1.42. The lowest BCUT2D eigenvalue weighted by molar-refractivity contribution is -0.127. The maximum Gasteiger partial charge on any atom is 0.260 e. The summed E-state index contributed by atoms with van der Waals surface area (Å²) in [7, 11) is 1.64. The van der Waals surface area contributed by atoms with Crippen molar-refractivity contribution in [3.63, 3.8) is 0 Å². The summed E-state index contributed by atoms with van der Waals surface area (Å²) < 4.78 is 11.9. The largest absolute Gasteiger partial charge is 0.497 e. The minimum Gasteiger partial charge on any atom is -0.497 e. The summed E-state index contributed by atoms with van der Waals surface area (Å²) >= 11 is 2.21. The first kappa shape index (κ1) is 17.6. The van der Waals surface area contributed by atoms with Gasteiger partial charge in [0.2, 0.25) is 0 Å². The minimum atomic E-state index is -0.524. The van der Waals surface area contributed by atoms with Gasteiger partial charge in [-0.2, -0.15) is 0 Å². The van der Waals surface area contributed by atoms with Crippen molar-refractivity contribution in [2.24, 2.45) is 0 Å². The fourth-order valence-corrected chi connectivity index (χ4v) is 2.58. The SMILES string of the molecule is COc1ccc(CCNC(=O)[C@H](C)Oc2cccc(I)c2)cc1. The molecule has 122 valence electrons. The van der Waals surface area contributed by atoms with E-state index in [1.165, 1.54) is 0 Å². The lowest BCUT2D eigenvalue weighted by atomic mass is 10.1. The number of hydrogen-bond acceptors (Lipinski definition) is 3. The highest BCUT2D eigenvalue weighted by molar-refractivity contribution is 14.1. The third-order valence-corrected chi connectivity index (χ3v) is 4.02. The van der Waals surface area contributed by atoms with Crippen LogP contribution in [0.4, 0.5) is 0 Å². The van der Waals surface area contributed by atoms with Crippen molar-refractivity contribution in [2.75, 3.05) is 13.7 Å². The highest BCUT2D eigenvalue weighted by atomic mass is 127. The Labute approximate surface area is 150 Å². The van der Waals surface area contributed by atoms with E-state index < -0.39 is 6.10 Å². The molecule has 0 fully saturated rings. The molecule has 1 atom stereocenters. The second-order valence-corrected chi connectivity index (χ2v) is 6.35. The summed E-state index contributed by atoms with van der Waals surface area (Å²) in [5, 5.41) is 2.90. The van der Waals surface area contributed by atoms with Gasteiger partial charge in [-0.25, -0.2) is 0 Å². The summed E-state index contributed by atoms with van der Waals surface area (Å²) in [6, 6.07) is 15.5. The van der Waals surface area contributed by atoms with Gasteiger partial charge in [-0.15, -0.1) is 0 Å². The zero-order chi connectivity index (χ0) is 16.7. The Hall–Kier alpha value is -1.76. The van der Waals surface area contributed by atoms with Gasteiger partial charge in [-0.3, -0.25) is 4.79 Å². The second kappa shape index (κ2) is 8.76. The van der Waals surface area contributed by atoms with E-state index >= 15 is 0 Å². The van der Waals surface area contributed by atoms with E-state index in [2.05, 4.69) is 27.9 Å². The molecule has 0 aromatic heterocycles. The van der Waals surface area contributed by atoms with Crippen LogP contribution in [0.2, 0.25) is 0 Å². The van der Waals surface area contributed by atoms with Gasteiger partial charge in [-0.05, 0) is 71.8 Å². The predicted octanol–water partition coefficient (Wildman–Crippen LogP) is 3.43. The number of amides is 1. The molecule has 0 aliphatic heterocycles. The Morgan fingerprint density at radius 3 is 2.57 bits per heavy atom. The standard InChI is InChI=1S/C18H20INO3/c1-13(23-17-5-3-4-15(19)12-17)18(21)20-11-10-14-6-8-16(22-2)9-7-14/h3-9,12-13H,10-11H2,1-2H3,(H,20,21)/t13-/m0/s1. The van der Waals surface area contributed by atoms with Crippen molar-refractivity contribution >= 4 is 28.5 Å². The minimum absolute atomic E-state index is 0.114. The third-order valence-electron chi connectivity index (χ3n) is 3.35. The van der Waals surface area contributed by atoms with Gasteiger partial charge in [0.25, 0.3) is 5.91 Å². The molecule has 0 saturated carbocycles. The van der Waals surface area contributed by atoms with Gasteiger partial charge in [-0.1, -0.05) is 18.2 Å². The van der Waals surface area contributed by atoms with Crippen LogP contribution in [0.25, 0.3) is 0 Å². The van der Waals surface area contributed by atoms with E-state index in [1.807, 2.05) is 48.5 Å². The molecule has 0 unspecified atom stereocenters. The van der Waals surface area contributed by atoms with Gasteiger partial charge in [0, 0.05) is 10.1 Å². The third kappa shape index (κ3) is 5.74. The van der Waals surface area contributed by atoms with Crippen LogP contribution in [0, 0.1) is 3.57 Å². The Bertz CT molecular complexity index is 643. The maximum atomic E-state index is 12.1. The summed E-state index contributed by atoms with van der Waals surface area (Å²) in [4.78, 5) is 12.1. The van der Waals surface area contributed by atoms with Crippen LogP contribution in [0.15, 0.2) is 48.5 Å². The highest BCUT2D eigenvalue weighted by Gasteiger charge is 2.14. The lowest BCUT2D eigenvalue weighted by Gasteiger charge is -2.15. The van der Waals surface area contributed by atoms with Crippen molar-refractivity contribution in [1.29, 1.82) is 0 Å². The molecule has 0 saturated heterocycles. The quantitative estimate of drug-likeness (QED) is 0.692. The van der Waals surface area contributed by atoms with Crippen LogP contribution >= 0.6 is 22.6 Å². The molecule has 4 nitrogen and oxygen atoms in total. The predicted molar refractivity (Wildman–Crippen MR) is 99.0 cm³/mol. The van der Waals surface area contributed by atoms with Gasteiger partial charge >= 0.3 is 0 Å². The Kier molecular flexibility index (Phi) is 6.70. The van der Waals surface area contributed by atoms with E-state index in [9.17, 15) is 4.79 Å². The first-order valence-corrected chi connectivity index (χ1v) is 8.49. The number of methoxy groups -OCH3 is 1. The fraction of sp³-hybridized carbons (Fsp3) is 0.278. The van der Waals surface area contributed by atoms with E-state index in [0.29, 0.717) is 12.3 Å². The van der Waals surface area contributed by atoms with Gasteiger partial charge in [0.1, 0.15) is 11.5 Å². The summed E-state index contributed by atoms with van der Waals surface area (Å²) in [6.07, 6.45) is 0.246. The molecule has 0 bridgehead atoms. The van der Waals surface area contributed by atoms with Crippen LogP contribution < -0.4 is 14.8 Å². The van der Waals surface area contributed by atoms with E-state index in [-0.39, 0.29) is 5.91 Å². The van der Waals surface area contributed by atoms with Crippen LogP contribution in [0.1, 0.15) is 12.5 Å². The molecular formula is C18H20INO3. The Morgan fingerprint density at radius 1 is 1.17 bits per heavy atom. The molecule has 0 heterocycles. The molecule has 23 heavy (non-hydrogen) atoms. The van der Waals surface area contributed by atoms with Crippen molar-refractivity contribution in [2.45, 2.75) is 19.4 Å². The number of benzene rings is 2. The smallest absolute Gasteiger partial charge is 0.260 e. The van der Waals surface area contributed by atoms with Crippen molar-refractivity contribution in [1.82, 2.24) is 5.32 Å². The van der Waals surface area contributed by atoms with Crippen molar-refractivity contribution in [3.8, 4) is 11.5 Å². The van der Waals surface area contributed by atoms with Gasteiger partial charge in [0.15, 0.2) is 6.10 Å². The van der Waals surface area contributed by atoms with Crippen LogP contribution in [-0.2, 0) is 11.2 Å². The molecule has 2 aromatic rings. The number of ether oxygens (including phenoxy) is 2. The number of carbonyl (C=O) groups is 1. The zero-order valence-electron chi connectivity index (χ0n) is 13.2. The summed E-state index contributed by atoms with van der Waals surface area (Å²) in [6.45, 7) is 2.33. The topological polar surface area (TPSA) is 47.6 Å². The molecule has 0 radical (unpaired) electrons. The van der Waals surface area contributed by atoms with Crippen LogP contribution in [0.3, 0.4) is 0 Å². The summed E-state index contributed by atoms with van der Waals surface area (Å²) in [5.41, 5.74) is 1.15. The Morgan fingerprint density at radius 2 is 1.91 bits per heavy atom. The molecule has 2 aromatic carbocycles. The average molecular weight is 425 g/mol. The Balaban J connectivity index is 1.77. The molecule has 1 N–H and O–H groups in total. The van der Waals surface area contributed by atoms with Crippen molar-refractivity contribution < 1.29 is 14.3 Å². The zero-order valence-corrected chi connectivity index (χ0v) is 15.4. The molecular weight excluding hydrogens is 405 g/mol. The molecule has 1 amide bonds. The normalized spacial score (nSPS) is 11.6. The molecule has 0 aliphatic carbocycles. The first-order valence-electron chi connectivity index (χ1n) is 7.41. The average Bonchev–Trinajstić information content (AvgIpc) is 2.55. The number of nitrogens with one attached hydrogen (secondary N) is 1. The van der Waals surface area contributed by atoms with Crippen LogP contribution in [0.5, 0.6) is 11.5 Å². The number of halogens is 1. The molecule has 0 spiro atoms. The number of rotatable bonds is 7. The molecule has 5 heteroatoms. The number of hydrogen-bond donors (Lipinski definition) is 1. The van der Waals surface area contributed by atoms with Gasteiger partial charge < -0.3 is 14.8 Å². The monoisotopic (exact) mass is 425 g/mol. The van der Waals surface area contributed by atoms with E-state index in [1.54, 1.807) is 14.0 Å². The molecule has 2 rings (SSSR count). The van der Waals surface area contributed by atoms with Crippen molar-refractivity contribution in [3.05, 3.63) is 57.7 Å². The molecule has 0 aliphatic rings. The second-order valence-electron chi connectivity index (χ2n) is 5.11. The van der Waals surface area contributed by atoms with E-state index in [0.717, 1.165) is 21.3 Å². The lowest BCUT2D eigenvalue weighted by Crippen LogP contribution is -2.37.